The van der Waals surface area contributed by atoms with Gasteiger partial charge >= 0.3 is 0 Å². The average molecular weight is 604 g/mol. The van der Waals surface area contributed by atoms with E-state index in [9.17, 15) is 0 Å². The Morgan fingerprint density at radius 3 is 1.93 bits per heavy atom. The van der Waals surface area contributed by atoms with Gasteiger partial charge in [-0.15, -0.1) is 11.3 Å². The summed E-state index contributed by atoms with van der Waals surface area (Å²) in [4.78, 5) is 10.8. The maximum Gasteiger partial charge on any atom is 0.235 e. The third-order valence-electron chi connectivity index (χ3n) is 9.20. The minimum Gasteiger partial charge on any atom is -0.278 e. The van der Waals surface area contributed by atoms with Crippen LogP contribution in [0.4, 0.5) is 0 Å². The lowest BCUT2D eigenvalue weighted by Crippen LogP contribution is -2.02. The minimum absolute atomic E-state index is 0.684. The zero-order chi connectivity index (χ0) is 30.2. The van der Waals surface area contributed by atoms with Gasteiger partial charge in [-0.3, -0.25) is 4.57 Å². The van der Waals surface area contributed by atoms with Gasteiger partial charge in [-0.1, -0.05) is 127 Å². The molecule has 7 aromatic carbocycles. The van der Waals surface area contributed by atoms with Gasteiger partial charge in [0.2, 0.25) is 5.95 Å². The second kappa shape index (κ2) is 9.83. The third-order valence-corrected chi connectivity index (χ3v) is 10.4. The SMILES string of the molecule is c1ccc(-c2ccc(-c3nc(-n4c5cc6ccccc6cc5c5c6ccccc6ccc54)nc4c3sc3ccccc34)cc2)cc1. The lowest BCUT2D eigenvalue weighted by Gasteiger charge is -2.11. The van der Waals surface area contributed by atoms with Gasteiger partial charge in [-0.2, -0.15) is 0 Å². The topological polar surface area (TPSA) is 30.7 Å². The van der Waals surface area contributed by atoms with E-state index in [1.54, 1.807) is 11.3 Å². The van der Waals surface area contributed by atoms with E-state index in [0.717, 1.165) is 37.9 Å². The van der Waals surface area contributed by atoms with Gasteiger partial charge in [0, 0.05) is 26.4 Å². The summed E-state index contributed by atoms with van der Waals surface area (Å²) in [6, 6.07) is 54.2. The number of hydrogen-bond acceptors (Lipinski definition) is 3. The van der Waals surface area contributed by atoms with E-state index in [0.29, 0.717) is 5.95 Å². The maximum absolute atomic E-state index is 5.43. The zero-order valence-electron chi connectivity index (χ0n) is 24.7. The van der Waals surface area contributed by atoms with E-state index in [-0.39, 0.29) is 0 Å². The van der Waals surface area contributed by atoms with Crippen LogP contribution in [0.1, 0.15) is 0 Å². The van der Waals surface area contributed by atoms with Crippen LogP contribution in [-0.4, -0.2) is 14.5 Å². The fourth-order valence-corrected chi connectivity index (χ4v) is 8.17. The second-order valence-corrected chi connectivity index (χ2v) is 12.9. The van der Waals surface area contributed by atoms with Crippen LogP contribution in [0.15, 0.2) is 152 Å². The van der Waals surface area contributed by atoms with Crippen LogP contribution in [0.2, 0.25) is 0 Å². The molecule has 0 saturated heterocycles. The van der Waals surface area contributed by atoms with Gasteiger partial charge in [-0.25, -0.2) is 9.97 Å². The summed E-state index contributed by atoms with van der Waals surface area (Å²) in [5, 5.41) is 8.47. The van der Waals surface area contributed by atoms with Crippen LogP contribution in [0.3, 0.4) is 0 Å². The predicted molar refractivity (Wildman–Crippen MR) is 195 cm³/mol. The van der Waals surface area contributed by atoms with Crippen molar-refractivity contribution in [2.24, 2.45) is 0 Å². The number of rotatable bonds is 3. The molecule has 0 spiro atoms. The third kappa shape index (κ3) is 3.77. The molecule has 0 atom stereocenters. The molecular weight excluding hydrogens is 579 g/mol. The number of thiophene rings is 1. The van der Waals surface area contributed by atoms with Crippen LogP contribution in [0, 0.1) is 0 Å². The van der Waals surface area contributed by atoms with Crippen molar-refractivity contribution in [1.82, 2.24) is 14.5 Å². The van der Waals surface area contributed by atoms with Crippen molar-refractivity contribution in [1.29, 1.82) is 0 Å². The molecule has 0 amide bonds. The zero-order valence-corrected chi connectivity index (χ0v) is 25.5. The fraction of sp³-hybridized carbons (Fsp3) is 0. The number of nitrogens with zero attached hydrogens (tertiary/aromatic N) is 3. The second-order valence-electron chi connectivity index (χ2n) is 11.8. The Morgan fingerprint density at radius 1 is 0.457 bits per heavy atom. The molecule has 10 rings (SSSR count). The first kappa shape index (κ1) is 25.5. The van der Waals surface area contributed by atoms with Crippen LogP contribution < -0.4 is 0 Å². The van der Waals surface area contributed by atoms with Crippen LogP contribution in [-0.2, 0) is 0 Å². The highest BCUT2D eigenvalue weighted by molar-refractivity contribution is 7.26. The fourth-order valence-electron chi connectivity index (χ4n) is 7.01. The Hall–Kier alpha value is -5.84. The van der Waals surface area contributed by atoms with E-state index in [4.69, 9.17) is 9.97 Å². The predicted octanol–water partition coefficient (Wildman–Crippen LogP) is 11.6. The maximum atomic E-state index is 5.43. The summed E-state index contributed by atoms with van der Waals surface area (Å²) in [5.41, 5.74) is 7.63. The molecule has 3 aromatic heterocycles. The van der Waals surface area contributed by atoms with Gasteiger partial charge in [0.05, 0.1) is 26.9 Å². The molecule has 10 aromatic rings. The quantitative estimate of drug-likeness (QED) is 0.201. The summed E-state index contributed by atoms with van der Waals surface area (Å²) in [5.74, 6) is 0.684. The Morgan fingerprint density at radius 2 is 1.11 bits per heavy atom. The molecular formula is C42H25N3S. The van der Waals surface area contributed by atoms with E-state index in [2.05, 4.69) is 156 Å². The highest BCUT2D eigenvalue weighted by Gasteiger charge is 2.21. The van der Waals surface area contributed by atoms with Crippen molar-refractivity contribution in [3.05, 3.63) is 152 Å². The van der Waals surface area contributed by atoms with Crippen molar-refractivity contribution in [3.8, 4) is 28.3 Å². The van der Waals surface area contributed by atoms with Crippen LogP contribution >= 0.6 is 11.3 Å². The Labute approximate surface area is 268 Å². The summed E-state index contributed by atoms with van der Waals surface area (Å²) in [6.07, 6.45) is 0. The molecule has 0 aliphatic rings. The largest absolute Gasteiger partial charge is 0.278 e. The van der Waals surface area contributed by atoms with Crippen molar-refractivity contribution >= 4 is 75.0 Å². The van der Waals surface area contributed by atoms with E-state index >= 15 is 0 Å². The average Bonchev–Trinajstić information content (AvgIpc) is 3.66. The molecule has 0 radical (unpaired) electrons. The number of aromatic nitrogens is 3. The number of hydrogen-bond donors (Lipinski definition) is 0. The molecule has 0 aliphatic carbocycles. The first-order valence-electron chi connectivity index (χ1n) is 15.5. The molecule has 0 fully saturated rings. The summed E-state index contributed by atoms with van der Waals surface area (Å²) < 4.78 is 4.59. The Bertz CT molecular complexity index is 2790. The Balaban J connectivity index is 1.31. The number of fused-ring (bicyclic) bond motifs is 9. The standard InChI is InChI=1S/C42H25N3S/c1-2-10-26(11-3-1)27-18-20-29(21-19-27)39-41-40(33-16-8-9-17-37(33)46-41)44-42(43-39)45-35-23-22-28-12-6-7-15-32(28)38(35)34-24-30-13-4-5-14-31(30)25-36(34)45/h1-25H. The summed E-state index contributed by atoms with van der Waals surface area (Å²) in [6.45, 7) is 0. The lowest BCUT2D eigenvalue weighted by molar-refractivity contribution is 1.02. The van der Waals surface area contributed by atoms with E-state index < -0.39 is 0 Å². The van der Waals surface area contributed by atoms with Crippen LogP contribution in [0.25, 0.3) is 92.0 Å². The minimum atomic E-state index is 0.684. The lowest BCUT2D eigenvalue weighted by atomic mass is 10.0. The Kier molecular flexibility index (Phi) is 5.45. The number of benzene rings is 7. The molecule has 0 unspecified atom stereocenters. The van der Waals surface area contributed by atoms with Crippen molar-refractivity contribution in [3.63, 3.8) is 0 Å². The molecule has 0 bridgehead atoms. The molecule has 3 heterocycles. The molecule has 46 heavy (non-hydrogen) atoms. The first-order valence-corrected chi connectivity index (χ1v) is 16.3. The highest BCUT2D eigenvalue weighted by atomic mass is 32.1. The highest BCUT2D eigenvalue weighted by Crippen LogP contribution is 2.42. The summed E-state index contributed by atoms with van der Waals surface area (Å²) >= 11 is 1.77. The van der Waals surface area contributed by atoms with Gasteiger partial charge in [-0.05, 0) is 56.9 Å². The van der Waals surface area contributed by atoms with Gasteiger partial charge in [0.25, 0.3) is 0 Å². The molecule has 214 valence electrons. The molecule has 4 heteroatoms. The molecule has 0 N–H and O–H groups in total. The first-order chi connectivity index (χ1) is 22.8. The van der Waals surface area contributed by atoms with Gasteiger partial charge < -0.3 is 0 Å². The van der Waals surface area contributed by atoms with Gasteiger partial charge in [0.15, 0.2) is 0 Å². The van der Waals surface area contributed by atoms with E-state index in [1.807, 2.05) is 0 Å². The normalized spacial score (nSPS) is 11.9. The molecule has 3 nitrogen and oxygen atoms in total. The molecule has 0 aliphatic heterocycles. The smallest absolute Gasteiger partial charge is 0.235 e. The van der Waals surface area contributed by atoms with Gasteiger partial charge in [0.1, 0.15) is 0 Å². The van der Waals surface area contributed by atoms with Crippen molar-refractivity contribution in [2.75, 3.05) is 0 Å². The van der Waals surface area contributed by atoms with Crippen molar-refractivity contribution in [2.45, 2.75) is 0 Å². The van der Waals surface area contributed by atoms with Crippen LogP contribution in [0.5, 0.6) is 0 Å². The van der Waals surface area contributed by atoms with Crippen molar-refractivity contribution < 1.29 is 0 Å². The van der Waals surface area contributed by atoms with E-state index in [1.165, 1.54) is 48.1 Å². The molecule has 0 saturated carbocycles. The monoisotopic (exact) mass is 603 g/mol. The summed E-state index contributed by atoms with van der Waals surface area (Å²) in [7, 11) is 0.